The molecule has 0 aromatic rings. The van der Waals surface area contributed by atoms with Gasteiger partial charge in [0.25, 0.3) is 0 Å². The smallest absolute Gasteiger partial charge is 0.410 e. The highest BCUT2D eigenvalue weighted by molar-refractivity contribution is 14.1. The Bertz CT molecular complexity index is 614. The molecule has 1 N–H and O–H groups in total. The van der Waals surface area contributed by atoms with E-state index in [2.05, 4.69) is 5.10 Å². The molecule has 2 fully saturated rings. The minimum Gasteiger partial charge on any atom is -0.480 e. The second-order valence-corrected chi connectivity index (χ2v) is 9.22. The van der Waals surface area contributed by atoms with Gasteiger partial charge in [0.05, 0.1) is 18.6 Å². The maximum Gasteiger partial charge on any atom is 0.410 e. The molecule has 3 aliphatic rings. The van der Waals surface area contributed by atoms with E-state index in [1.54, 1.807) is 4.90 Å². The first-order chi connectivity index (χ1) is 11.6. The topological polar surface area (TPSA) is 82.4 Å². The zero-order valence-electron chi connectivity index (χ0n) is 15.2. The predicted molar refractivity (Wildman–Crippen MR) is 102 cm³/mol. The van der Waals surface area contributed by atoms with Crippen molar-refractivity contribution in [3.05, 3.63) is 0 Å². The zero-order valence-corrected chi connectivity index (χ0v) is 17.3. The first-order valence-corrected chi connectivity index (χ1v) is 9.92. The highest BCUT2D eigenvalue weighted by atomic mass is 127. The number of fused-ring (bicyclic) bond motifs is 1. The number of hydrogen-bond acceptors (Lipinski definition) is 5. The number of amides is 1. The van der Waals surface area contributed by atoms with Crippen molar-refractivity contribution in [2.24, 2.45) is 16.4 Å². The van der Waals surface area contributed by atoms with Crippen LogP contribution in [-0.2, 0) is 9.53 Å². The van der Waals surface area contributed by atoms with Crippen LogP contribution in [0.2, 0.25) is 0 Å². The van der Waals surface area contributed by atoms with Crippen LogP contribution in [0.1, 0.15) is 47.0 Å². The van der Waals surface area contributed by atoms with Gasteiger partial charge in [-0.25, -0.2) is 4.79 Å². The largest absolute Gasteiger partial charge is 0.480 e. The average Bonchev–Trinajstić information content (AvgIpc) is 3.27. The number of carboxylic acids is 1. The normalized spacial score (nSPS) is 32.3. The molecule has 0 radical (unpaired) electrons. The first kappa shape index (κ1) is 18.7. The molecule has 1 saturated heterocycles. The van der Waals surface area contributed by atoms with Crippen LogP contribution in [-0.4, -0.2) is 61.6 Å². The van der Waals surface area contributed by atoms with Gasteiger partial charge in [-0.2, -0.15) is 5.10 Å². The Kier molecular flexibility index (Phi) is 4.70. The van der Waals surface area contributed by atoms with Gasteiger partial charge in [0, 0.05) is 6.54 Å². The third-order valence-electron chi connectivity index (χ3n) is 5.39. The van der Waals surface area contributed by atoms with E-state index in [-0.39, 0.29) is 18.2 Å². The molecule has 1 amide bonds. The lowest BCUT2D eigenvalue weighted by Gasteiger charge is -2.46. The Morgan fingerprint density at radius 3 is 2.48 bits per heavy atom. The van der Waals surface area contributed by atoms with Crippen molar-refractivity contribution in [1.29, 1.82) is 0 Å². The van der Waals surface area contributed by atoms with E-state index < -0.39 is 17.0 Å². The molecule has 0 bridgehead atoms. The summed E-state index contributed by atoms with van der Waals surface area (Å²) in [6.45, 7) is 8.34. The third kappa shape index (κ3) is 3.21. The summed E-state index contributed by atoms with van der Waals surface area (Å²) in [6, 6.07) is -0.301. The number of ether oxygens (including phenoxy) is 1. The van der Waals surface area contributed by atoms with Gasteiger partial charge >= 0.3 is 12.1 Å². The number of carbonyl (C=O) groups excluding carboxylic acids is 1. The fourth-order valence-corrected chi connectivity index (χ4v) is 5.12. The summed E-state index contributed by atoms with van der Waals surface area (Å²) in [7, 11) is 0. The van der Waals surface area contributed by atoms with E-state index in [0.29, 0.717) is 29.1 Å². The van der Waals surface area contributed by atoms with Crippen molar-refractivity contribution >= 4 is 38.4 Å². The second kappa shape index (κ2) is 6.28. The van der Waals surface area contributed by atoms with Gasteiger partial charge in [-0.05, 0) is 68.5 Å². The number of hydrazone groups is 1. The highest BCUT2D eigenvalue weighted by Gasteiger charge is 2.59. The molecule has 2 aliphatic heterocycles. The zero-order chi connectivity index (χ0) is 18.6. The van der Waals surface area contributed by atoms with E-state index in [0.717, 1.165) is 12.8 Å². The summed E-state index contributed by atoms with van der Waals surface area (Å²) in [5.74, 6) is -0.410. The molecular weight excluding hydrogens is 437 g/mol. The molecule has 7 nitrogen and oxygen atoms in total. The number of nitrogens with zero attached hydrogens (tertiary/aromatic N) is 3. The molecule has 1 saturated carbocycles. The first-order valence-electron chi connectivity index (χ1n) is 8.84. The fraction of sp³-hybridized carbons (Fsp3) is 0.824. The van der Waals surface area contributed by atoms with Crippen LogP contribution < -0.4 is 0 Å². The van der Waals surface area contributed by atoms with Crippen LogP contribution in [0.3, 0.4) is 0 Å². The SMILES string of the molecule is CCC1(C(=O)O)C(I)=NN2CC(C3CC3)N(C(=O)OC(C)(C)C)CC21. The number of rotatable bonds is 3. The van der Waals surface area contributed by atoms with Gasteiger partial charge in [0.2, 0.25) is 0 Å². The van der Waals surface area contributed by atoms with Gasteiger partial charge in [-0.3, -0.25) is 9.80 Å². The maximum absolute atomic E-state index is 12.8. The quantitative estimate of drug-likeness (QED) is 0.651. The third-order valence-corrected chi connectivity index (χ3v) is 6.57. The fourth-order valence-electron chi connectivity index (χ4n) is 3.87. The van der Waals surface area contributed by atoms with Crippen LogP contribution in [0.4, 0.5) is 4.79 Å². The van der Waals surface area contributed by atoms with Crippen LogP contribution in [0, 0.1) is 11.3 Å². The van der Waals surface area contributed by atoms with Gasteiger partial charge in [0.15, 0.2) is 0 Å². The Morgan fingerprint density at radius 1 is 1.36 bits per heavy atom. The molecule has 8 heteroatoms. The predicted octanol–water partition coefficient (Wildman–Crippen LogP) is 2.93. The molecule has 1 aliphatic carbocycles. The Balaban J connectivity index is 1.90. The van der Waals surface area contributed by atoms with Gasteiger partial charge in [-0.1, -0.05) is 6.92 Å². The number of halogens is 1. The van der Waals surface area contributed by atoms with Crippen molar-refractivity contribution in [2.75, 3.05) is 13.1 Å². The van der Waals surface area contributed by atoms with E-state index in [1.165, 1.54) is 0 Å². The summed E-state index contributed by atoms with van der Waals surface area (Å²) in [5.41, 5.74) is -1.62. The lowest BCUT2D eigenvalue weighted by atomic mass is 9.78. The molecule has 140 valence electrons. The standard InChI is InChI=1S/C17H26IN3O4/c1-5-17(14(22)23)12-9-20(15(24)25-16(2,3)4)11(10-6-7-10)8-21(12)19-13(17)18/h10-12H,5-9H2,1-4H3,(H,22,23). The number of hydrogen-bond donors (Lipinski definition) is 1. The average molecular weight is 463 g/mol. The number of carbonyl (C=O) groups is 2. The minimum atomic E-state index is -1.05. The van der Waals surface area contributed by atoms with Crippen molar-refractivity contribution in [1.82, 2.24) is 9.91 Å². The summed E-state index contributed by atoms with van der Waals surface area (Å²) in [5, 5.41) is 16.4. The second-order valence-electron chi connectivity index (χ2n) is 8.20. The number of carboxylic acid groups (broad SMARTS) is 1. The Hall–Kier alpha value is -1.06. The van der Waals surface area contributed by atoms with Gasteiger partial charge in [-0.15, -0.1) is 0 Å². The van der Waals surface area contributed by atoms with Crippen LogP contribution in [0.5, 0.6) is 0 Å². The molecule has 0 spiro atoms. The van der Waals surface area contributed by atoms with Crippen LogP contribution in [0.25, 0.3) is 0 Å². The number of piperazine rings is 1. The van der Waals surface area contributed by atoms with Crippen molar-refractivity contribution in [2.45, 2.75) is 64.6 Å². The highest BCUT2D eigenvalue weighted by Crippen LogP contribution is 2.46. The van der Waals surface area contributed by atoms with E-state index >= 15 is 0 Å². The Labute approximate surface area is 161 Å². The monoisotopic (exact) mass is 463 g/mol. The summed E-state index contributed by atoms with van der Waals surface area (Å²) >= 11 is 2.05. The molecule has 0 aromatic carbocycles. The summed E-state index contributed by atoms with van der Waals surface area (Å²) in [4.78, 5) is 26.7. The van der Waals surface area contributed by atoms with Crippen molar-refractivity contribution in [3.63, 3.8) is 0 Å². The van der Waals surface area contributed by atoms with Gasteiger partial charge < -0.3 is 14.7 Å². The van der Waals surface area contributed by atoms with Gasteiger partial charge in [0.1, 0.15) is 14.7 Å². The molecule has 3 unspecified atom stereocenters. The van der Waals surface area contributed by atoms with Crippen LogP contribution >= 0.6 is 22.6 Å². The summed E-state index contributed by atoms with van der Waals surface area (Å²) in [6.07, 6.45) is 2.30. The van der Waals surface area contributed by atoms with E-state index in [1.807, 2.05) is 55.3 Å². The van der Waals surface area contributed by atoms with E-state index in [9.17, 15) is 14.7 Å². The van der Waals surface area contributed by atoms with E-state index in [4.69, 9.17) is 4.74 Å². The Morgan fingerprint density at radius 2 is 2.00 bits per heavy atom. The molecule has 2 heterocycles. The molecular formula is C17H26IN3O4. The molecule has 0 aromatic heterocycles. The number of aliphatic carboxylic acids is 1. The van der Waals surface area contributed by atoms with Crippen molar-refractivity contribution < 1.29 is 19.4 Å². The summed E-state index contributed by atoms with van der Waals surface area (Å²) < 4.78 is 6.21. The lowest BCUT2D eigenvalue weighted by Crippen LogP contribution is -2.63. The lowest BCUT2D eigenvalue weighted by molar-refractivity contribution is -0.149. The van der Waals surface area contributed by atoms with Crippen LogP contribution in [0.15, 0.2) is 5.10 Å². The molecule has 25 heavy (non-hydrogen) atoms. The molecule has 3 atom stereocenters. The van der Waals surface area contributed by atoms with Crippen molar-refractivity contribution in [3.8, 4) is 0 Å². The minimum absolute atomic E-state index is 0.0421. The molecule has 3 rings (SSSR count). The maximum atomic E-state index is 12.8.